The molecule has 6 heteroatoms. The first-order valence-corrected chi connectivity index (χ1v) is 8.18. The summed E-state index contributed by atoms with van der Waals surface area (Å²) < 4.78 is 0. The summed E-state index contributed by atoms with van der Waals surface area (Å²) in [6.45, 7) is 6.34. The molecular formula is C15H23N3O2S. The van der Waals surface area contributed by atoms with Gasteiger partial charge in [0.1, 0.15) is 0 Å². The minimum Gasteiger partial charge on any atom is -0.395 e. The summed E-state index contributed by atoms with van der Waals surface area (Å²) in [5.41, 5.74) is 0. The number of rotatable bonds is 6. The molecule has 1 aliphatic rings. The van der Waals surface area contributed by atoms with Gasteiger partial charge >= 0.3 is 6.03 Å². The number of carbonyl (C=O) groups is 1. The van der Waals surface area contributed by atoms with Crippen molar-refractivity contribution in [3.8, 4) is 0 Å². The van der Waals surface area contributed by atoms with Crippen molar-refractivity contribution in [1.82, 2.24) is 10.2 Å². The molecule has 2 N–H and O–H groups in total. The number of aliphatic hydroxyl groups is 1. The van der Waals surface area contributed by atoms with Crippen molar-refractivity contribution in [2.45, 2.75) is 18.9 Å². The lowest BCUT2D eigenvalue weighted by molar-refractivity contribution is 0.178. The number of urea groups is 1. The summed E-state index contributed by atoms with van der Waals surface area (Å²) in [6.07, 6.45) is 3.57. The zero-order valence-corrected chi connectivity index (χ0v) is 13.0. The van der Waals surface area contributed by atoms with Crippen LogP contribution in [-0.2, 0) is 0 Å². The Morgan fingerprint density at radius 2 is 2.33 bits per heavy atom. The van der Waals surface area contributed by atoms with E-state index in [1.165, 1.54) is 5.00 Å². The Bertz CT molecular complexity index is 442. The van der Waals surface area contributed by atoms with E-state index in [1.54, 1.807) is 22.3 Å². The highest BCUT2D eigenvalue weighted by Gasteiger charge is 2.22. The Morgan fingerprint density at radius 3 is 2.90 bits per heavy atom. The van der Waals surface area contributed by atoms with E-state index in [9.17, 15) is 4.79 Å². The van der Waals surface area contributed by atoms with Gasteiger partial charge in [-0.15, -0.1) is 17.9 Å². The number of nitrogens with zero attached hydrogens (tertiary/aromatic N) is 2. The van der Waals surface area contributed by atoms with E-state index in [1.807, 2.05) is 0 Å². The van der Waals surface area contributed by atoms with Gasteiger partial charge in [-0.1, -0.05) is 6.08 Å². The average Bonchev–Trinajstić information content (AvgIpc) is 3.02. The molecule has 0 aliphatic carbocycles. The number of amides is 2. The van der Waals surface area contributed by atoms with E-state index in [0.717, 1.165) is 25.9 Å². The highest BCUT2D eigenvalue weighted by molar-refractivity contribution is 7.14. The summed E-state index contributed by atoms with van der Waals surface area (Å²) in [7, 11) is 0. The van der Waals surface area contributed by atoms with E-state index in [-0.39, 0.29) is 18.7 Å². The molecule has 0 radical (unpaired) electrons. The third-order valence-electron chi connectivity index (χ3n) is 3.65. The lowest BCUT2D eigenvalue weighted by atomic mass is 10.1. The predicted molar refractivity (Wildman–Crippen MR) is 86.9 cm³/mol. The third kappa shape index (κ3) is 4.47. The second-order valence-electron chi connectivity index (χ2n) is 5.12. The molecule has 0 spiro atoms. The number of nitrogens with one attached hydrogen (secondary N) is 1. The Labute approximate surface area is 129 Å². The number of hydrogen-bond acceptors (Lipinski definition) is 4. The van der Waals surface area contributed by atoms with Crippen molar-refractivity contribution >= 4 is 22.4 Å². The quantitative estimate of drug-likeness (QED) is 0.789. The highest BCUT2D eigenvalue weighted by Crippen LogP contribution is 2.24. The topological polar surface area (TPSA) is 55.8 Å². The molecule has 0 unspecified atom stereocenters. The van der Waals surface area contributed by atoms with Crippen LogP contribution in [0.15, 0.2) is 30.2 Å². The van der Waals surface area contributed by atoms with Gasteiger partial charge in [0.05, 0.1) is 11.6 Å². The van der Waals surface area contributed by atoms with E-state index in [2.05, 4.69) is 34.3 Å². The van der Waals surface area contributed by atoms with Crippen molar-refractivity contribution in [1.29, 1.82) is 0 Å². The van der Waals surface area contributed by atoms with Gasteiger partial charge < -0.3 is 20.2 Å². The summed E-state index contributed by atoms with van der Waals surface area (Å²) in [5, 5.41) is 15.4. The summed E-state index contributed by atoms with van der Waals surface area (Å²) >= 11 is 1.75. The van der Waals surface area contributed by atoms with Crippen molar-refractivity contribution < 1.29 is 9.90 Å². The van der Waals surface area contributed by atoms with E-state index >= 15 is 0 Å². The van der Waals surface area contributed by atoms with Gasteiger partial charge in [-0.25, -0.2) is 4.79 Å². The summed E-state index contributed by atoms with van der Waals surface area (Å²) in [5.74, 6) is 0. The lowest BCUT2D eigenvalue weighted by Crippen LogP contribution is -2.49. The van der Waals surface area contributed by atoms with Crippen LogP contribution in [0, 0.1) is 0 Å². The Kier molecular flexibility index (Phi) is 6.07. The van der Waals surface area contributed by atoms with E-state index in [4.69, 9.17) is 5.11 Å². The maximum Gasteiger partial charge on any atom is 0.317 e. The molecular weight excluding hydrogens is 286 g/mol. The molecule has 2 heterocycles. The molecule has 1 saturated heterocycles. The van der Waals surface area contributed by atoms with Gasteiger partial charge in [0, 0.05) is 32.2 Å². The fraction of sp³-hybridized carbons (Fsp3) is 0.533. The first-order valence-electron chi connectivity index (χ1n) is 7.30. The minimum atomic E-state index is -0.112. The van der Waals surface area contributed by atoms with Crippen LogP contribution in [0.3, 0.4) is 0 Å². The van der Waals surface area contributed by atoms with Gasteiger partial charge in [0.2, 0.25) is 0 Å². The van der Waals surface area contributed by atoms with Gasteiger partial charge in [0.15, 0.2) is 0 Å². The molecule has 21 heavy (non-hydrogen) atoms. The summed E-state index contributed by atoms with van der Waals surface area (Å²) in [4.78, 5) is 16.1. The van der Waals surface area contributed by atoms with Crippen molar-refractivity contribution in [3.05, 3.63) is 30.2 Å². The molecule has 1 aromatic rings. The Balaban J connectivity index is 1.79. The van der Waals surface area contributed by atoms with Crippen LogP contribution in [0.4, 0.5) is 9.80 Å². The maximum absolute atomic E-state index is 12.1. The largest absolute Gasteiger partial charge is 0.395 e. The molecule has 0 bridgehead atoms. The van der Waals surface area contributed by atoms with Crippen LogP contribution >= 0.6 is 11.3 Å². The standard InChI is InChI=1S/C15H23N3O2S/c1-2-7-18(10-11-19)15(20)16-13-5-8-17(9-6-13)14-4-3-12-21-14/h2-4,12-13,19H,1,5-11H2,(H,16,20). The predicted octanol–water partition coefficient (Wildman–Crippen LogP) is 1.91. The smallest absolute Gasteiger partial charge is 0.317 e. The van der Waals surface area contributed by atoms with Crippen LogP contribution in [0.5, 0.6) is 0 Å². The maximum atomic E-state index is 12.1. The van der Waals surface area contributed by atoms with Gasteiger partial charge in [-0.05, 0) is 30.4 Å². The number of carbonyl (C=O) groups excluding carboxylic acids is 1. The number of anilines is 1. The monoisotopic (exact) mass is 309 g/mol. The Hall–Kier alpha value is -1.53. The molecule has 1 aromatic heterocycles. The number of hydrogen-bond donors (Lipinski definition) is 2. The SMILES string of the molecule is C=CCN(CCO)C(=O)NC1CCN(c2cccs2)CC1. The van der Waals surface area contributed by atoms with Crippen LogP contribution in [0.1, 0.15) is 12.8 Å². The first kappa shape index (κ1) is 15.9. The molecule has 2 amide bonds. The second-order valence-corrected chi connectivity index (χ2v) is 6.05. The van der Waals surface area contributed by atoms with Gasteiger partial charge in [-0.3, -0.25) is 0 Å². The minimum absolute atomic E-state index is 0.0297. The molecule has 0 saturated carbocycles. The van der Waals surface area contributed by atoms with Crippen LogP contribution in [0.2, 0.25) is 0 Å². The second kappa shape index (κ2) is 8.05. The van der Waals surface area contributed by atoms with Gasteiger partial charge in [-0.2, -0.15) is 0 Å². The van der Waals surface area contributed by atoms with Crippen LogP contribution in [0.25, 0.3) is 0 Å². The molecule has 0 atom stereocenters. The van der Waals surface area contributed by atoms with Crippen molar-refractivity contribution in [2.24, 2.45) is 0 Å². The zero-order chi connectivity index (χ0) is 15.1. The lowest BCUT2D eigenvalue weighted by Gasteiger charge is -2.34. The van der Waals surface area contributed by atoms with Crippen LogP contribution in [-0.4, -0.2) is 54.9 Å². The third-order valence-corrected chi connectivity index (χ3v) is 4.58. The van der Waals surface area contributed by atoms with E-state index < -0.39 is 0 Å². The first-order chi connectivity index (χ1) is 10.2. The average molecular weight is 309 g/mol. The molecule has 1 aliphatic heterocycles. The number of thiophene rings is 1. The Morgan fingerprint density at radius 1 is 1.57 bits per heavy atom. The molecule has 1 fully saturated rings. The molecule has 116 valence electrons. The normalized spacial score (nSPS) is 15.8. The molecule has 2 rings (SSSR count). The number of piperidine rings is 1. The van der Waals surface area contributed by atoms with E-state index in [0.29, 0.717) is 13.1 Å². The molecule has 0 aromatic carbocycles. The fourth-order valence-electron chi connectivity index (χ4n) is 2.51. The van der Waals surface area contributed by atoms with Crippen molar-refractivity contribution in [2.75, 3.05) is 37.7 Å². The zero-order valence-electron chi connectivity index (χ0n) is 12.2. The fourth-order valence-corrected chi connectivity index (χ4v) is 3.30. The highest BCUT2D eigenvalue weighted by atomic mass is 32.1. The van der Waals surface area contributed by atoms with Gasteiger partial charge in [0.25, 0.3) is 0 Å². The summed E-state index contributed by atoms with van der Waals surface area (Å²) in [6, 6.07) is 4.30. The number of aliphatic hydroxyl groups excluding tert-OH is 1. The van der Waals surface area contributed by atoms with Crippen molar-refractivity contribution in [3.63, 3.8) is 0 Å². The van der Waals surface area contributed by atoms with Crippen LogP contribution < -0.4 is 10.2 Å². The molecule has 5 nitrogen and oxygen atoms in total.